The van der Waals surface area contributed by atoms with Gasteiger partial charge < -0.3 is 19.6 Å². The van der Waals surface area contributed by atoms with Gasteiger partial charge in [-0.2, -0.15) is 0 Å². The Bertz CT molecular complexity index is 764. The first-order valence-electron chi connectivity index (χ1n) is 8.49. The van der Waals surface area contributed by atoms with Gasteiger partial charge in [-0.3, -0.25) is 9.59 Å². The normalized spacial score (nSPS) is 16.2. The number of carboxylic acid groups (broad SMARTS) is 1. The van der Waals surface area contributed by atoms with E-state index in [4.69, 9.17) is 9.15 Å². The predicted molar refractivity (Wildman–Crippen MR) is 91.1 cm³/mol. The molecule has 1 saturated heterocycles. The Balaban J connectivity index is 1.62. The lowest BCUT2D eigenvalue weighted by Crippen LogP contribution is -2.38. The molecule has 2 N–H and O–H groups in total. The van der Waals surface area contributed by atoms with Gasteiger partial charge in [0.1, 0.15) is 11.6 Å². The second kappa shape index (κ2) is 8.14. The number of benzene rings is 1. The SMILES string of the molecule is O=C(NCC(C(=O)O)C1CCOCC1)c1ccc(-c2ccc(F)cc2)o1. The maximum Gasteiger partial charge on any atom is 0.308 e. The lowest BCUT2D eigenvalue weighted by atomic mass is 9.86. The molecule has 0 bridgehead atoms. The molecule has 2 aromatic rings. The van der Waals surface area contributed by atoms with E-state index in [2.05, 4.69) is 5.32 Å². The van der Waals surface area contributed by atoms with Crippen LogP contribution in [0.2, 0.25) is 0 Å². The van der Waals surface area contributed by atoms with E-state index < -0.39 is 17.8 Å². The van der Waals surface area contributed by atoms with Crippen LogP contribution < -0.4 is 5.32 Å². The minimum absolute atomic E-state index is 0.0204. The van der Waals surface area contributed by atoms with Crippen LogP contribution in [0.5, 0.6) is 0 Å². The molecule has 2 heterocycles. The minimum Gasteiger partial charge on any atom is -0.481 e. The van der Waals surface area contributed by atoms with Crippen molar-refractivity contribution >= 4 is 11.9 Å². The molecule has 6 nitrogen and oxygen atoms in total. The van der Waals surface area contributed by atoms with Gasteiger partial charge in [-0.1, -0.05) is 0 Å². The first-order valence-corrected chi connectivity index (χ1v) is 8.49. The Kier molecular flexibility index (Phi) is 5.68. The molecule has 1 aromatic heterocycles. The molecule has 7 heteroatoms. The van der Waals surface area contributed by atoms with Crippen molar-refractivity contribution in [1.82, 2.24) is 5.32 Å². The van der Waals surface area contributed by atoms with Crippen LogP contribution in [0.1, 0.15) is 23.4 Å². The summed E-state index contributed by atoms with van der Waals surface area (Å²) in [7, 11) is 0. The van der Waals surface area contributed by atoms with Gasteiger partial charge in [0.25, 0.3) is 5.91 Å². The number of rotatable bonds is 6. The highest BCUT2D eigenvalue weighted by atomic mass is 19.1. The highest BCUT2D eigenvalue weighted by Gasteiger charge is 2.30. The number of hydrogen-bond acceptors (Lipinski definition) is 4. The van der Waals surface area contributed by atoms with Gasteiger partial charge in [0, 0.05) is 25.3 Å². The van der Waals surface area contributed by atoms with E-state index in [-0.39, 0.29) is 24.0 Å². The maximum atomic E-state index is 13.0. The van der Waals surface area contributed by atoms with Crippen molar-refractivity contribution in [3.8, 4) is 11.3 Å². The molecule has 1 fully saturated rings. The zero-order valence-electron chi connectivity index (χ0n) is 14.1. The largest absolute Gasteiger partial charge is 0.481 e. The summed E-state index contributed by atoms with van der Waals surface area (Å²) in [6, 6.07) is 8.86. The Morgan fingerprint density at radius 3 is 2.50 bits per heavy atom. The number of amides is 1. The van der Waals surface area contributed by atoms with E-state index in [1.165, 1.54) is 18.2 Å². The highest BCUT2D eigenvalue weighted by molar-refractivity contribution is 5.92. The molecule has 26 heavy (non-hydrogen) atoms. The zero-order chi connectivity index (χ0) is 18.5. The number of carboxylic acids is 1. The van der Waals surface area contributed by atoms with Gasteiger partial charge in [0.15, 0.2) is 5.76 Å². The lowest BCUT2D eigenvalue weighted by molar-refractivity contribution is -0.144. The van der Waals surface area contributed by atoms with Crippen molar-refractivity contribution in [3.05, 3.63) is 48.0 Å². The van der Waals surface area contributed by atoms with E-state index in [9.17, 15) is 19.1 Å². The fourth-order valence-electron chi connectivity index (χ4n) is 3.09. The standard InChI is InChI=1S/C19H20FNO5/c20-14-3-1-13(2-4-14)16-5-6-17(26-16)18(22)21-11-15(19(23)24)12-7-9-25-10-8-12/h1-6,12,15H,7-11H2,(H,21,22)(H,23,24). The maximum absolute atomic E-state index is 13.0. The number of carbonyl (C=O) groups is 2. The molecule has 0 aliphatic carbocycles. The van der Waals surface area contributed by atoms with Crippen LogP contribution in [0.3, 0.4) is 0 Å². The highest BCUT2D eigenvalue weighted by Crippen LogP contribution is 2.25. The molecule has 1 aromatic carbocycles. The van der Waals surface area contributed by atoms with Gasteiger partial charge in [-0.05, 0) is 55.2 Å². The summed E-state index contributed by atoms with van der Waals surface area (Å²) in [5.41, 5.74) is 0.649. The van der Waals surface area contributed by atoms with Crippen LogP contribution >= 0.6 is 0 Å². The summed E-state index contributed by atoms with van der Waals surface area (Å²) in [5, 5.41) is 12.1. The molecule has 138 valence electrons. The number of nitrogens with one attached hydrogen (secondary N) is 1. The van der Waals surface area contributed by atoms with Crippen LogP contribution in [-0.4, -0.2) is 36.7 Å². The van der Waals surface area contributed by atoms with Crippen molar-refractivity contribution in [2.45, 2.75) is 12.8 Å². The van der Waals surface area contributed by atoms with Crippen molar-refractivity contribution in [1.29, 1.82) is 0 Å². The average Bonchev–Trinajstić information content (AvgIpc) is 3.13. The molecule has 1 amide bonds. The molecule has 1 unspecified atom stereocenters. The number of aliphatic carboxylic acids is 1. The first-order chi connectivity index (χ1) is 12.5. The molecule has 0 saturated carbocycles. The Morgan fingerprint density at radius 2 is 1.85 bits per heavy atom. The zero-order valence-corrected chi connectivity index (χ0v) is 14.1. The molecule has 1 aliphatic rings. The van der Waals surface area contributed by atoms with Crippen LogP contribution in [0, 0.1) is 17.7 Å². The summed E-state index contributed by atoms with van der Waals surface area (Å²) in [5.74, 6) is -1.91. The average molecular weight is 361 g/mol. The Labute approximate surface area is 150 Å². The second-order valence-electron chi connectivity index (χ2n) is 6.28. The number of hydrogen-bond donors (Lipinski definition) is 2. The number of furan rings is 1. The summed E-state index contributed by atoms with van der Waals surface area (Å²) in [6.45, 7) is 1.12. The quantitative estimate of drug-likeness (QED) is 0.826. The van der Waals surface area contributed by atoms with Gasteiger partial charge in [0.05, 0.1) is 5.92 Å². The van der Waals surface area contributed by atoms with Crippen LogP contribution in [0.25, 0.3) is 11.3 Å². The smallest absolute Gasteiger partial charge is 0.308 e. The molecule has 0 radical (unpaired) electrons. The van der Waals surface area contributed by atoms with Gasteiger partial charge in [-0.25, -0.2) is 4.39 Å². The number of ether oxygens (including phenoxy) is 1. The van der Waals surface area contributed by atoms with E-state index in [0.29, 0.717) is 37.4 Å². The van der Waals surface area contributed by atoms with Crippen LogP contribution in [-0.2, 0) is 9.53 Å². The molecule has 1 atom stereocenters. The molecule has 1 aliphatic heterocycles. The van der Waals surface area contributed by atoms with Crippen molar-refractivity contribution < 1.29 is 28.2 Å². The third kappa shape index (κ3) is 4.29. The summed E-state index contributed by atoms with van der Waals surface area (Å²) in [4.78, 5) is 23.8. The van der Waals surface area contributed by atoms with Crippen molar-refractivity contribution in [3.63, 3.8) is 0 Å². The Morgan fingerprint density at radius 1 is 1.15 bits per heavy atom. The molecule has 3 rings (SSSR count). The third-order valence-corrected chi connectivity index (χ3v) is 4.59. The Hall–Kier alpha value is -2.67. The molecular formula is C19H20FNO5. The first kappa shape index (κ1) is 18.1. The fraction of sp³-hybridized carbons (Fsp3) is 0.368. The van der Waals surface area contributed by atoms with Crippen molar-refractivity contribution in [2.24, 2.45) is 11.8 Å². The predicted octanol–water partition coefficient (Wildman–Crippen LogP) is 2.94. The molecular weight excluding hydrogens is 341 g/mol. The summed E-state index contributed by atoms with van der Waals surface area (Å²) < 4.78 is 23.7. The number of carbonyl (C=O) groups excluding carboxylic acids is 1. The van der Waals surface area contributed by atoms with E-state index in [1.807, 2.05) is 0 Å². The van der Waals surface area contributed by atoms with Gasteiger partial charge in [-0.15, -0.1) is 0 Å². The topological polar surface area (TPSA) is 88.8 Å². The monoisotopic (exact) mass is 361 g/mol. The van der Waals surface area contributed by atoms with Gasteiger partial charge >= 0.3 is 5.97 Å². The minimum atomic E-state index is -0.927. The van der Waals surface area contributed by atoms with Crippen molar-refractivity contribution in [2.75, 3.05) is 19.8 Å². The second-order valence-corrected chi connectivity index (χ2v) is 6.28. The van der Waals surface area contributed by atoms with Crippen LogP contribution in [0.4, 0.5) is 4.39 Å². The van der Waals surface area contributed by atoms with E-state index >= 15 is 0 Å². The van der Waals surface area contributed by atoms with E-state index in [1.54, 1.807) is 18.2 Å². The van der Waals surface area contributed by atoms with Gasteiger partial charge in [0.2, 0.25) is 0 Å². The lowest BCUT2D eigenvalue weighted by Gasteiger charge is -2.27. The summed E-state index contributed by atoms with van der Waals surface area (Å²) >= 11 is 0. The third-order valence-electron chi connectivity index (χ3n) is 4.59. The summed E-state index contributed by atoms with van der Waals surface area (Å²) in [6.07, 6.45) is 1.34. The van der Waals surface area contributed by atoms with E-state index in [0.717, 1.165) is 0 Å². The van der Waals surface area contributed by atoms with Crippen LogP contribution in [0.15, 0.2) is 40.8 Å². The molecule has 0 spiro atoms. The fourth-order valence-corrected chi connectivity index (χ4v) is 3.09. The number of halogens is 1.